The fourth-order valence-electron chi connectivity index (χ4n) is 2.03. The Morgan fingerprint density at radius 1 is 1.50 bits per heavy atom. The predicted molar refractivity (Wildman–Crippen MR) is 48.8 cm³/mol. The van der Waals surface area contributed by atoms with Gasteiger partial charge in [-0.3, -0.25) is 0 Å². The van der Waals surface area contributed by atoms with Crippen LogP contribution in [0.1, 0.15) is 26.7 Å². The molecule has 1 fully saturated rings. The summed E-state index contributed by atoms with van der Waals surface area (Å²) in [5, 5.41) is 18.1. The first-order chi connectivity index (χ1) is 5.70. The quantitative estimate of drug-likeness (QED) is 0.614. The molecule has 2 N–H and O–H groups in total. The molecule has 0 heterocycles. The van der Waals surface area contributed by atoms with Gasteiger partial charge in [0, 0.05) is 12.5 Å². The summed E-state index contributed by atoms with van der Waals surface area (Å²) < 4.78 is 0. The van der Waals surface area contributed by atoms with E-state index in [9.17, 15) is 0 Å². The molecular weight excluding hydrogens is 152 g/mol. The van der Waals surface area contributed by atoms with E-state index in [4.69, 9.17) is 10.2 Å². The van der Waals surface area contributed by atoms with Crippen molar-refractivity contribution >= 4 is 0 Å². The van der Waals surface area contributed by atoms with E-state index in [1.807, 2.05) is 6.92 Å². The van der Waals surface area contributed by atoms with Gasteiger partial charge in [0.1, 0.15) is 0 Å². The molecule has 0 amide bonds. The van der Waals surface area contributed by atoms with E-state index in [-0.39, 0.29) is 13.2 Å². The maximum atomic E-state index is 9.14. The van der Waals surface area contributed by atoms with Gasteiger partial charge in [-0.25, -0.2) is 0 Å². The molecule has 0 bridgehead atoms. The summed E-state index contributed by atoms with van der Waals surface area (Å²) in [5.74, 6) is 0.878. The van der Waals surface area contributed by atoms with E-state index in [2.05, 4.69) is 6.92 Å². The van der Waals surface area contributed by atoms with Crippen molar-refractivity contribution in [3.05, 3.63) is 11.1 Å². The minimum absolute atomic E-state index is 0.137. The van der Waals surface area contributed by atoms with E-state index < -0.39 is 0 Å². The van der Waals surface area contributed by atoms with E-state index in [1.165, 1.54) is 5.57 Å². The number of aliphatic hydroxyl groups excluding tert-OH is 2. The highest BCUT2D eigenvalue weighted by Gasteiger charge is 2.28. The Bertz CT molecular complexity index is 184. The standard InChI is InChI=1S/C10H18O2/c1-7-3-4-9(8(2)5-11)10(7)6-12/h7,10-12H,3-6H2,1-2H3/b9-8+. The molecule has 0 aliphatic heterocycles. The molecule has 1 saturated carbocycles. The normalized spacial score (nSPS) is 34.0. The van der Waals surface area contributed by atoms with Gasteiger partial charge >= 0.3 is 0 Å². The third kappa shape index (κ3) is 1.70. The summed E-state index contributed by atoms with van der Waals surface area (Å²) >= 11 is 0. The Morgan fingerprint density at radius 3 is 2.67 bits per heavy atom. The van der Waals surface area contributed by atoms with Crippen LogP contribution < -0.4 is 0 Å². The van der Waals surface area contributed by atoms with E-state index in [0.29, 0.717) is 11.8 Å². The highest BCUT2D eigenvalue weighted by Crippen LogP contribution is 2.37. The Balaban J connectivity index is 2.79. The van der Waals surface area contributed by atoms with Crippen LogP contribution in [0, 0.1) is 11.8 Å². The second-order valence-corrected chi connectivity index (χ2v) is 3.77. The summed E-state index contributed by atoms with van der Waals surface area (Å²) in [4.78, 5) is 0. The van der Waals surface area contributed by atoms with Gasteiger partial charge in [0.2, 0.25) is 0 Å². The van der Waals surface area contributed by atoms with Crippen LogP contribution in [-0.4, -0.2) is 23.4 Å². The molecule has 2 atom stereocenters. The van der Waals surface area contributed by atoms with Crippen LogP contribution in [0.2, 0.25) is 0 Å². The highest BCUT2D eigenvalue weighted by molar-refractivity contribution is 5.20. The zero-order chi connectivity index (χ0) is 9.14. The molecule has 12 heavy (non-hydrogen) atoms. The highest BCUT2D eigenvalue weighted by atomic mass is 16.3. The van der Waals surface area contributed by atoms with Crippen molar-refractivity contribution in [1.29, 1.82) is 0 Å². The van der Waals surface area contributed by atoms with Crippen LogP contribution in [0.3, 0.4) is 0 Å². The van der Waals surface area contributed by atoms with E-state index in [0.717, 1.165) is 18.4 Å². The molecular formula is C10H18O2. The van der Waals surface area contributed by atoms with Crippen molar-refractivity contribution in [3.63, 3.8) is 0 Å². The van der Waals surface area contributed by atoms with Gasteiger partial charge in [-0.15, -0.1) is 0 Å². The van der Waals surface area contributed by atoms with Crippen LogP contribution >= 0.6 is 0 Å². The lowest BCUT2D eigenvalue weighted by Crippen LogP contribution is -2.12. The molecule has 1 aliphatic carbocycles. The van der Waals surface area contributed by atoms with Crippen molar-refractivity contribution in [1.82, 2.24) is 0 Å². The molecule has 0 aromatic carbocycles. The van der Waals surface area contributed by atoms with Gasteiger partial charge < -0.3 is 10.2 Å². The van der Waals surface area contributed by atoms with Crippen LogP contribution in [0.25, 0.3) is 0 Å². The smallest absolute Gasteiger partial charge is 0.0641 e. The lowest BCUT2D eigenvalue weighted by Gasteiger charge is -2.15. The summed E-state index contributed by atoms with van der Waals surface area (Å²) in [7, 11) is 0. The molecule has 0 aromatic heterocycles. The van der Waals surface area contributed by atoms with Crippen molar-refractivity contribution in [2.75, 3.05) is 13.2 Å². The number of hydrogen-bond donors (Lipinski definition) is 2. The lowest BCUT2D eigenvalue weighted by atomic mass is 9.93. The lowest BCUT2D eigenvalue weighted by molar-refractivity contribution is 0.220. The molecule has 0 radical (unpaired) electrons. The van der Waals surface area contributed by atoms with Gasteiger partial charge in [-0.1, -0.05) is 12.5 Å². The van der Waals surface area contributed by atoms with Crippen molar-refractivity contribution < 1.29 is 10.2 Å². The molecule has 0 saturated heterocycles. The molecule has 0 spiro atoms. The minimum atomic E-state index is 0.137. The largest absolute Gasteiger partial charge is 0.396 e. The maximum Gasteiger partial charge on any atom is 0.0641 e. The van der Waals surface area contributed by atoms with Crippen molar-refractivity contribution in [2.24, 2.45) is 11.8 Å². The number of aliphatic hydroxyl groups is 2. The average molecular weight is 170 g/mol. The Morgan fingerprint density at radius 2 is 2.17 bits per heavy atom. The summed E-state index contributed by atoms with van der Waals surface area (Å²) in [6, 6.07) is 0. The zero-order valence-electron chi connectivity index (χ0n) is 7.88. The van der Waals surface area contributed by atoms with Gasteiger partial charge in [0.15, 0.2) is 0 Å². The summed E-state index contributed by atoms with van der Waals surface area (Å²) in [6.07, 6.45) is 2.21. The third-order valence-corrected chi connectivity index (χ3v) is 2.99. The summed E-state index contributed by atoms with van der Waals surface area (Å²) in [5.41, 5.74) is 2.34. The van der Waals surface area contributed by atoms with E-state index >= 15 is 0 Å². The monoisotopic (exact) mass is 170 g/mol. The molecule has 0 aromatic rings. The first-order valence-electron chi connectivity index (χ1n) is 4.61. The van der Waals surface area contributed by atoms with Crippen LogP contribution in [0.4, 0.5) is 0 Å². The van der Waals surface area contributed by atoms with Crippen molar-refractivity contribution in [3.8, 4) is 0 Å². The second-order valence-electron chi connectivity index (χ2n) is 3.77. The third-order valence-electron chi connectivity index (χ3n) is 2.99. The van der Waals surface area contributed by atoms with Crippen molar-refractivity contribution in [2.45, 2.75) is 26.7 Å². The molecule has 2 heteroatoms. The van der Waals surface area contributed by atoms with Crippen LogP contribution in [-0.2, 0) is 0 Å². The van der Waals surface area contributed by atoms with Gasteiger partial charge in [0.25, 0.3) is 0 Å². The first-order valence-corrected chi connectivity index (χ1v) is 4.61. The molecule has 70 valence electrons. The number of hydrogen-bond acceptors (Lipinski definition) is 2. The topological polar surface area (TPSA) is 40.5 Å². The molecule has 2 unspecified atom stereocenters. The average Bonchev–Trinajstić information content (AvgIpc) is 2.45. The Hall–Kier alpha value is -0.340. The molecule has 1 rings (SSSR count). The van der Waals surface area contributed by atoms with Crippen LogP contribution in [0.15, 0.2) is 11.1 Å². The molecule has 1 aliphatic rings. The Kier molecular flexibility index (Phi) is 3.29. The SMILES string of the molecule is C/C(CO)=C1/CCC(C)C1CO. The fourth-order valence-corrected chi connectivity index (χ4v) is 2.03. The van der Waals surface area contributed by atoms with Gasteiger partial charge in [-0.05, 0) is 31.3 Å². The van der Waals surface area contributed by atoms with Crippen LogP contribution in [0.5, 0.6) is 0 Å². The van der Waals surface area contributed by atoms with Gasteiger partial charge in [0.05, 0.1) is 6.61 Å². The zero-order valence-corrected chi connectivity index (χ0v) is 7.88. The predicted octanol–water partition coefficient (Wildman–Crippen LogP) is 1.33. The first kappa shape index (κ1) is 9.75. The number of rotatable bonds is 2. The second kappa shape index (κ2) is 4.06. The minimum Gasteiger partial charge on any atom is -0.396 e. The Labute approximate surface area is 73.9 Å². The summed E-state index contributed by atoms with van der Waals surface area (Å²) in [6.45, 7) is 4.49. The fraction of sp³-hybridized carbons (Fsp3) is 0.800. The van der Waals surface area contributed by atoms with E-state index in [1.54, 1.807) is 0 Å². The maximum absolute atomic E-state index is 9.14. The van der Waals surface area contributed by atoms with Gasteiger partial charge in [-0.2, -0.15) is 0 Å². The molecule has 2 nitrogen and oxygen atoms in total.